The maximum atomic E-state index is 13.5. The zero-order valence-corrected chi connectivity index (χ0v) is 17.1. The zero-order chi connectivity index (χ0) is 21.0. The molecule has 0 radical (unpaired) electrons. The lowest BCUT2D eigenvalue weighted by molar-refractivity contribution is -0.123. The summed E-state index contributed by atoms with van der Waals surface area (Å²) in [7, 11) is 1.58. The molecule has 3 aliphatic rings. The first-order valence-corrected chi connectivity index (χ1v) is 10.4. The minimum atomic E-state index is -0.626. The van der Waals surface area contributed by atoms with Crippen molar-refractivity contribution in [1.29, 1.82) is 0 Å². The number of ether oxygens (including phenoxy) is 1. The molecule has 4 unspecified atom stereocenters. The number of ketones is 1. The van der Waals surface area contributed by atoms with Gasteiger partial charge in [-0.2, -0.15) is 0 Å². The van der Waals surface area contributed by atoms with Crippen LogP contribution < -0.4 is 9.64 Å². The van der Waals surface area contributed by atoms with Crippen LogP contribution in [0.5, 0.6) is 5.75 Å². The molecule has 3 aliphatic heterocycles. The molecule has 0 aliphatic carbocycles. The van der Waals surface area contributed by atoms with Gasteiger partial charge >= 0.3 is 0 Å². The molecule has 0 saturated carbocycles. The Bertz CT molecular complexity index is 1010. The van der Waals surface area contributed by atoms with Gasteiger partial charge in [-0.1, -0.05) is 17.7 Å². The largest absolute Gasteiger partial charge is 0.497 e. The molecule has 2 amide bonds. The van der Waals surface area contributed by atoms with E-state index in [0.717, 1.165) is 24.9 Å². The molecule has 30 heavy (non-hydrogen) atoms. The number of aryl methyl sites for hydroxylation is 1. The molecular formula is C24H24N2O4. The van der Waals surface area contributed by atoms with Crippen molar-refractivity contribution in [3.8, 4) is 5.75 Å². The van der Waals surface area contributed by atoms with Crippen LogP contribution >= 0.6 is 0 Å². The first-order valence-electron chi connectivity index (χ1n) is 10.4. The van der Waals surface area contributed by atoms with E-state index in [1.807, 2.05) is 19.1 Å². The van der Waals surface area contributed by atoms with E-state index in [4.69, 9.17) is 4.74 Å². The van der Waals surface area contributed by atoms with Gasteiger partial charge in [0.1, 0.15) is 5.75 Å². The van der Waals surface area contributed by atoms with E-state index in [2.05, 4.69) is 4.90 Å². The van der Waals surface area contributed by atoms with Crippen molar-refractivity contribution < 1.29 is 19.1 Å². The molecule has 2 aromatic rings. The Balaban J connectivity index is 1.52. The van der Waals surface area contributed by atoms with Crippen LogP contribution in [0.3, 0.4) is 0 Å². The molecule has 6 heteroatoms. The van der Waals surface area contributed by atoms with Crippen LogP contribution in [-0.4, -0.2) is 48.2 Å². The zero-order valence-electron chi connectivity index (χ0n) is 17.1. The highest BCUT2D eigenvalue weighted by Crippen LogP contribution is 2.48. The second-order valence-corrected chi connectivity index (χ2v) is 8.38. The van der Waals surface area contributed by atoms with Crippen molar-refractivity contribution in [2.24, 2.45) is 11.8 Å². The van der Waals surface area contributed by atoms with Crippen LogP contribution in [0, 0.1) is 18.8 Å². The number of hydrogen-bond acceptors (Lipinski definition) is 5. The van der Waals surface area contributed by atoms with Gasteiger partial charge in [-0.15, -0.1) is 0 Å². The summed E-state index contributed by atoms with van der Waals surface area (Å²) in [5.41, 5.74) is 2.19. The van der Waals surface area contributed by atoms with Crippen LogP contribution in [0.1, 0.15) is 28.8 Å². The van der Waals surface area contributed by atoms with E-state index in [1.165, 1.54) is 4.90 Å². The summed E-state index contributed by atoms with van der Waals surface area (Å²) in [6, 6.07) is 13.7. The summed E-state index contributed by atoms with van der Waals surface area (Å²) in [4.78, 5) is 43.7. The van der Waals surface area contributed by atoms with Gasteiger partial charge in [0, 0.05) is 11.6 Å². The van der Waals surface area contributed by atoms with Gasteiger partial charge in [-0.05, 0) is 62.7 Å². The smallest absolute Gasteiger partial charge is 0.239 e. The van der Waals surface area contributed by atoms with Crippen LogP contribution in [0.4, 0.5) is 5.69 Å². The first kappa shape index (κ1) is 19.0. The SMILES string of the molecule is COc1ccc(C(=O)C2C3C(=O)N(c4ccc(C)cc4)C(=O)C3C3CCCN32)cc1. The minimum Gasteiger partial charge on any atom is -0.497 e. The monoisotopic (exact) mass is 404 g/mol. The normalized spacial score (nSPS) is 28.0. The molecule has 6 nitrogen and oxygen atoms in total. The van der Waals surface area contributed by atoms with Gasteiger partial charge in [0.05, 0.1) is 30.7 Å². The summed E-state index contributed by atoms with van der Waals surface area (Å²) in [6.07, 6.45) is 1.78. The number of fused-ring (bicyclic) bond motifs is 3. The fourth-order valence-corrected chi connectivity index (χ4v) is 5.39. The van der Waals surface area contributed by atoms with Crippen LogP contribution in [0.2, 0.25) is 0 Å². The number of rotatable bonds is 4. The molecule has 3 saturated heterocycles. The molecule has 3 fully saturated rings. The topological polar surface area (TPSA) is 66.9 Å². The number of imide groups is 1. The third kappa shape index (κ3) is 2.70. The third-order valence-electron chi connectivity index (χ3n) is 6.79. The summed E-state index contributed by atoms with van der Waals surface area (Å²) in [6.45, 7) is 2.71. The Hall–Kier alpha value is -2.99. The number of methoxy groups -OCH3 is 1. The third-order valence-corrected chi connectivity index (χ3v) is 6.79. The predicted molar refractivity (Wildman–Crippen MR) is 111 cm³/mol. The van der Waals surface area contributed by atoms with Gasteiger partial charge in [0.25, 0.3) is 0 Å². The molecular weight excluding hydrogens is 380 g/mol. The van der Waals surface area contributed by atoms with E-state index < -0.39 is 17.9 Å². The lowest BCUT2D eigenvalue weighted by Crippen LogP contribution is -2.46. The van der Waals surface area contributed by atoms with Gasteiger partial charge in [-0.25, -0.2) is 4.90 Å². The van der Waals surface area contributed by atoms with Gasteiger partial charge in [0.15, 0.2) is 5.78 Å². The molecule has 0 aromatic heterocycles. The highest BCUT2D eigenvalue weighted by Gasteiger charge is 2.64. The number of carbonyl (C=O) groups is 3. The fourth-order valence-electron chi connectivity index (χ4n) is 5.39. The lowest BCUT2D eigenvalue weighted by atomic mass is 9.85. The van der Waals surface area contributed by atoms with Crippen LogP contribution in [0.15, 0.2) is 48.5 Å². The Labute approximate surface area is 175 Å². The molecule has 0 spiro atoms. The van der Waals surface area contributed by atoms with Crippen molar-refractivity contribution in [3.63, 3.8) is 0 Å². The van der Waals surface area contributed by atoms with E-state index in [0.29, 0.717) is 17.0 Å². The standard InChI is InChI=1S/C24H24N2O4/c1-14-5-9-16(10-6-14)26-23(28)19-18-4-3-13-25(18)21(20(19)24(26)29)22(27)15-7-11-17(30-2)12-8-15/h5-12,18-21H,3-4,13H2,1-2H3. The molecule has 5 rings (SSSR count). The fraction of sp³-hybridized carbons (Fsp3) is 0.375. The van der Waals surface area contributed by atoms with Gasteiger partial charge < -0.3 is 4.74 Å². The molecule has 0 N–H and O–H groups in total. The maximum absolute atomic E-state index is 13.5. The highest BCUT2D eigenvalue weighted by atomic mass is 16.5. The Morgan fingerprint density at radius 2 is 1.63 bits per heavy atom. The van der Waals surface area contributed by atoms with Gasteiger partial charge in [-0.3, -0.25) is 19.3 Å². The number of anilines is 1. The van der Waals surface area contributed by atoms with E-state index in [9.17, 15) is 14.4 Å². The van der Waals surface area contributed by atoms with Crippen LogP contribution in [-0.2, 0) is 9.59 Å². The van der Waals surface area contributed by atoms with Gasteiger partial charge in [0.2, 0.25) is 11.8 Å². The van der Waals surface area contributed by atoms with Crippen molar-refractivity contribution >= 4 is 23.3 Å². The van der Waals surface area contributed by atoms with E-state index in [-0.39, 0.29) is 23.6 Å². The minimum absolute atomic E-state index is 0.0471. The summed E-state index contributed by atoms with van der Waals surface area (Å²) in [5.74, 6) is -0.922. The number of carbonyl (C=O) groups excluding carboxylic acids is 3. The van der Waals surface area contributed by atoms with Crippen molar-refractivity contribution in [2.75, 3.05) is 18.6 Å². The summed E-state index contributed by atoms with van der Waals surface area (Å²) >= 11 is 0. The van der Waals surface area contributed by atoms with Crippen molar-refractivity contribution in [3.05, 3.63) is 59.7 Å². The number of benzene rings is 2. The Morgan fingerprint density at radius 1 is 0.967 bits per heavy atom. The summed E-state index contributed by atoms with van der Waals surface area (Å²) in [5, 5.41) is 0. The average molecular weight is 404 g/mol. The summed E-state index contributed by atoms with van der Waals surface area (Å²) < 4.78 is 5.19. The highest BCUT2D eigenvalue weighted by molar-refractivity contribution is 6.24. The van der Waals surface area contributed by atoms with Crippen molar-refractivity contribution in [2.45, 2.75) is 31.8 Å². The molecule has 154 valence electrons. The molecule has 2 aromatic carbocycles. The average Bonchev–Trinajstić information content (AvgIpc) is 3.41. The number of hydrogen-bond donors (Lipinski definition) is 0. The molecule has 0 bridgehead atoms. The van der Waals surface area contributed by atoms with Crippen LogP contribution in [0.25, 0.3) is 0 Å². The number of nitrogens with zero attached hydrogens (tertiary/aromatic N) is 2. The second-order valence-electron chi connectivity index (χ2n) is 8.38. The Morgan fingerprint density at radius 3 is 2.30 bits per heavy atom. The Kier molecular flexibility index (Phi) is 4.47. The number of amides is 2. The molecule has 4 atom stereocenters. The lowest BCUT2D eigenvalue weighted by Gasteiger charge is -2.27. The molecule has 3 heterocycles. The predicted octanol–water partition coefficient (Wildman–Crippen LogP) is 2.84. The number of Topliss-reactive ketones (excluding diaryl/α,β-unsaturated/α-hetero) is 1. The van der Waals surface area contributed by atoms with Crippen molar-refractivity contribution in [1.82, 2.24) is 4.90 Å². The van der Waals surface area contributed by atoms with E-state index in [1.54, 1.807) is 43.5 Å². The van der Waals surface area contributed by atoms with E-state index >= 15 is 0 Å². The first-order chi connectivity index (χ1) is 14.5. The maximum Gasteiger partial charge on any atom is 0.239 e. The second kappa shape index (κ2) is 7.06. The quantitative estimate of drug-likeness (QED) is 0.579.